The van der Waals surface area contributed by atoms with Crippen molar-refractivity contribution in [2.24, 2.45) is 0 Å². The lowest BCUT2D eigenvalue weighted by Gasteiger charge is -2.26. The van der Waals surface area contributed by atoms with Crippen LogP contribution in [0.15, 0.2) is 72.8 Å². The standard InChI is InChI=1S/C30H12N6/c1-2-14-16-5-6-19-20-9-10-22-24-12-11-23-21-8-7-18-17-4-3-15-13(1)31(14)25-26(32(15)17)28(34(18)21)30(36(23)24)29(35(20)22)27(25)33(16)19/h1-12H. The molecule has 0 spiro atoms. The first kappa shape index (κ1) is 15.0. The van der Waals surface area contributed by atoms with E-state index >= 15 is 0 Å². The maximum Gasteiger partial charge on any atom is 0.0993 e. The lowest BCUT2D eigenvalue weighted by molar-refractivity contribution is 1.16. The van der Waals surface area contributed by atoms with Crippen LogP contribution in [0.2, 0.25) is 0 Å². The Morgan fingerprint density at radius 2 is 0.306 bits per heavy atom. The summed E-state index contributed by atoms with van der Waals surface area (Å²) < 4.78 is 15.2. The van der Waals surface area contributed by atoms with Gasteiger partial charge in [0.1, 0.15) is 0 Å². The summed E-state index contributed by atoms with van der Waals surface area (Å²) in [4.78, 5) is 0. The van der Waals surface area contributed by atoms with Crippen molar-refractivity contribution in [1.82, 2.24) is 26.4 Å². The minimum absolute atomic E-state index is 1.27. The Labute approximate surface area is 198 Å². The molecule has 6 heteroatoms. The highest BCUT2D eigenvalue weighted by molar-refractivity contribution is 6.28. The van der Waals surface area contributed by atoms with Gasteiger partial charge in [-0.25, -0.2) is 0 Å². The molecule has 12 heterocycles. The van der Waals surface area contributed by atoms with Gasteiger partial charge in [-0.3, -0.25) is 0 Å². The van der Waals surface area contributed by atoms with Crippen LogP contribution in [0.4, 0.5) is 0 Å². The highest BCUT2D eigenvalue weighted by atomic mass is 15.1. The van der Waals surface area contributed by atoms with Crippen LogP contribution in [0.5, 0.6) is 0 Å². The highest BCUT2D eigenvalue weighted by Gasteiger charge is 2.32. The zero-order valence-corrected chi connectivity index (χ0v) is 18.6. The Balaban J connectivity index is 1.68. The summed E-state index contributed by atoms with van der Waals surface area (Å²) in [5, 5.41) is 0. The summed E-state index contributed by atoms with van der Waals surface area (Å²) in [7, 11) is 0. The van der Waals surface area contributed by atoms with E-state index in [-0.39, 0.29) is 0 Å². The van der Waals surface area contributed by atoms with Crippen LogP contribution in [0.3, 0.4) is 0 Å². The quantitative estimate of drug-likeness (QED) is 0.178. The number of benzene rings is 1. The van der Waals surface area contributed by atoms with E-state index in [9.17, 15) is 0 Å². The van der Waals surface area contributed by atoms with Gasteiger partial charge >= 0.3 is 0 Å². The summed E-state index contributed by atoms with van der Waals surface area (Å²) in [6.07, 6.45) is 0. The Bertz CT molecular complexity index is 2310. The number of hydrogen-bond acceptors (Lipinski definition) is 0. The van der Waals surface area contributed by atoms with Crippen LogP contribution in [0.1, 0.15) is 0 Å². The molecule has 0 aliphatic heterocycles. The van der Waals surface area contributed by atoms with E-state index in [1.54, 1.807) is 0 Å². The van der Waals surface area contributed by atoms with Gasteiger partial charge in [-0.15, -0.1) is 0 Å². The predicted molar refractivity (Wildman–Crippen MR) is 144 cm³/mol. The second-order valence-electron chi connectivity index (χ2n) is 10.7. The highest BCUT2D eigenvalue weighted by Crippen LogP contribution is 2.48. The molecule has 0 saturated heterocycles. The molecule has 0 fully saturated rings. The van der Waals surface area contributed by atoms with E-state index < -0.39 is 0 Å². The molecular weight excluding hydrogens is 444 g/mol. The van der Waals surface area contributed by atoms with Crippen LogP contribution < -0.4 is 0 Å². The number of fused-ring (bicyclic) bond motifs is 6. The minimum Gasteiger partial charge on any atom is -0.302 e. The molecule has 13 aromatic rings. The molecule has 0 aliphatic rings. The third kappa shape index (κ3) is 1.07. The molecule has 0 radical (unpaired) electrons. The third-order valence-corrected chi connectivity index (χ3v) is 9.55. The van der Waals surface area contributed by atoms with Gasteiger partial charge in [0, 0.05) is 0 Å². The van der Waals surface area contributed by atoms with Crippen molar-refractivity contribution in [2.75, 3.05) is 0 Å². The molecule has 0 bridgehead atoms. The molecule has 36 heavy (non-hydrogen) atoms. The maximum atomic E-state index is 2.53. The van der Waals surface area contributed by atoms with E-state index in [1.807, 2.05) is 0 Å². The first-order chi connectivity index (χ1) is 17.9. The van der Waals surface area contributed by atoms with E-state index in [1.165, 1.54) is 99.3 Å². The van der Waals surface area contributed by atoms with Crippen LogP contribution in [0.25, 0.3) is 99.3 Å². The topological polar surface area (TPSA) is 26.5 Å². The second kappa shape index (κ2) is 4.01. The summed E-state index contributed by atoms with van der Waals surface area (Å²) in [6.45, 7) is 0. The number of aromatic nitrogens is 6. The summed E-state index contributed by atoms with van der Waals surface area (Å²) >= 11 is 0. The Morgan fingerprint density at radius 3 is 0.417 bits per heavy atom. The van der Waals surface area contributed by atoms with Crippen molar-refractivity contribution < 1.29 is 0 Å². The first-order valence-corrected chi connectivity index (χ1v) is 12.5. The van der Waals surface area contributed by atoms with Crippen LogP contribution in [0, 0.1) is 0 Å². The largest absolute Gasteiger partial charge is 0.302 e. The maximum absolute atomic E-state index is 2.53. The van der Waals surface area contributed by atoms with E-state index in [0.717, 1.165) is 0 Å². The number of rotatable bonds is 0. The molecular formula is C30H12N6. The first-order valence-electron chi connectivity index (χ1n) is 12.5. The molecule has 13 rings (SSSR count). The molecule has 0 N–H and O–H groups in total. The van der Waals surface area contributed by atoms with Gasteiger partial charge in [0.05, 0.1) is 99.3 Å². The van der Waals surface area contributed by atoms with Gasteiger partial charge in [-0.2, -0.15) is 0 Å². The Hall–Kier alpha value is -5.10. The molecule has 12 aromatic heterocycles. The smallest absolute Gasteiger partial charge is 0.0993 e. The van der Waals surface area contributed by atoms with E-state index in [2.05, 4.69) is 99.2 Å². The summed E-state index contributed by atoms with van der Waals surface area (Å²) in [6, 6.07) is 27.7. The minimum atomic E-state index is 1.27. The van der Waals surface area contributed by atoms with Gasteiger partial charge in [0.2, 0.25) is 0 Å². The van der Waals surface area contributed by atoms with Gasteiger partial charge in [-0.1, -0.05) is 0 Å². The van der Waals surface area contributed by atoms with E-state index in [0.29, 0.717) is 0 Å². The predicted octanol–water partition coefficient (Wildman–Crippen LogP) is 6.75. The summed E-state index contributed by atoms with van der Waals surface area (Å²) in [5.74, 6) is 0. The average Bonchev–Trinajstić information content (AvgIpc) is 3.70. The van der Waals surface area contributed by atoms with Crippen molar-refractivity contribution >= 4 is 99.3 Å². The molecule has 0 atom stereocenters. The van der Waals surface area contributed by atoms with Crippen molar-refractivity contribution in [2.45, 2.75) is 0 Å². The average molecular weight is 456 g/mol. The van der Waals surface area contributed by atoms with Crippen molar-refractivity contribution in [3.8, 4) is 0 Å². The van der Waals surface area contributed by atoms with E-state index in [4.69, 9.17) is 0 Å². The number of hydrogen-bond donors (Lipinski definition) is 0. The van der Waals surface area contributed by atoms with Gasteiger partial charge < -0.3 is 26.4 Å². The summed E-state index contributed by atoms with van der Waals surface area (Å²) in [5.41, 5.74) is 23.1. The molecule has 0 saturated carbocycles. The van der Waals surface area contributed by atoms with Crippen molar-refractivity contribution in [3.05, 3.63) is 72.8 Å². The van der Waals surface area contributed by atoms with Gasteiger partial charge in [-0.05, 0) is 72.8 Å². The molecule has 162 valence electrons. The lowest BCUT2D eigenvalue weighted by atomic mass is 10.1. The zero-order chi connectivity index (χ0) is 22.3. The van der Waals surface area contributed by atoms with Crippen LogP contribution in [-0.4, -0.2) is 26.4 Å². The Kier molecular flexibility index (Phi) is 1.67. The van der Waals surface area contributed by atoms with Crippen LogP contribution in [-0.2, 0) is 0 Å². The fourth-order valence-corrected chi connectivity index (χ4v) is 8.41. The fourth-order valence-electron chi connectivity index (χ4n) is 8.41. The molecule has 1 aromatic carbocycles. The molecule has 0 unspecified atom stereocenters. The zero-order valence-electron chi connectivity index (χ0n) is 18.6. The monoisotopic (exact) mass is 456 g/mol. The lowest BCUT2D eigenvalue weighted by Crippen LogP contribution is -2.13. The Morgan fingerprint density at radius 1 is 0.194 bits per heavy atom. The van der Waals surface area contributed by atoms with Crippen LogP contribution >= 0.6 is 0 Å². The fraction of sp³-hybridized carbons (Fsp3) is 0. The van der Waals surface area contributed by atoms with Gasteiger partial charge in [0.15, 0.2) is 0 Å². The molecule has 0 amide bonds. The normalized spacial score (nSPS) is 14.7. The molecule has 6 nitrogen and oxygen atoms in total. The van der Waals surface area contributed by atoms with Gasteiger partial charge in [0.25, 0.3) is 0 Å². The molecule has 0 aliphatic carbocycles. The third-order valence-electron chi connectivity index (χ3n) is 9.55. The van der Waals surface area contributed by atoms with Crippen molar-refractivity contribution in [3.63, 3.8) is 0 Å². The second-order valence-corrected chi connectivity index (χ2v) is 10.7. The van der Waals surface area contributed by atoms with Crippen molar-refractivity contribution in [1.29, 1.82) is 0 Å². The SMILES string of the molecule is c1cc2c3ccc4c5ccc6c7ccc8c9ccc%10c%11ccc%12c1n2c1c(c(c(c(c1n34)n56)n87)n%109)n%12%11. The number of nitrogens with zero attached hydrogens (tertiary/aromatic N) is 6.